The van der Waals surface area contributed by atoms with Gasteiger partial charge in [0.05, 0.1) is 18.7 Å². The van der Waals surface area contributed by atoms with Crippen LogP contribution in [0.1, 0.15) is 22.9 Å². The molecule has 0 amide bonds. The van der Waals surface area contributed by atoms with Gasteiger partial charge in [0.1, 0.15) is 17.5 Å². The number of aromatic nitrogens is 2. The van der Waals surface area contributed by atoms with Gasteiger partial charge in [0.15, 0.2) is 0 Å². The Morgan fingerprint density at radius 1 is 0.794 bits per heavy atom. The fourth-order valence-corrected chi connectivity index (χ4v) is 3.97. The normalized spacial score (nSPS) is 12.0. The smallest absolute Gasteiger partial charge is 0.322 e. The lowest BCUT2D eigenvalue weighted by Crippen LogP contribution is -2.44. The number of rotatable bonds is 6. The Kier molecular flexibility index (Phi) is 6.51. The summed E-state index contributed by atoms with van der Waals surface area (Å²) in [5.74, 6) is -2.33. The molecular formula is C26H22F3N3O2. The molecule has 0 fully saturated rings. The van der Waals surface area contributed by atoms with E-state index in [0.717, 1.165) is 21.3 Å². The molecular weight excluding hydrogens is 443 g/mol. The maximum absolute atomic E-state index is 14.7. The van der Waals surface area contributed by atoms with Gasteiger partial charge in [0.2, 0.25) is 0 Å². The summed E-state index contributed by atoms with van der Waals surface area (Å²) in [5.41, 5.74) is 5.09. The number of halogens is 3. The van der Waals surface area contributed by atoms with E-state index in [2.05, 4.69) is 0 Å². The highest BCUT2D eigenvalue weighted by atomic mass is 19.1. The molecule has 0 saturated carbocycles. The molecule has 1 atom stereocenters. The first-order valence-corrected chi connectivity index (χ1v) is 10.6. The molecule has 1 aromatic heterocycles. The molecule has 0 saturated heterocycles. The summed E-state index contributed by atoms with van der Waals surface area (Å²) in [6.45, 7) is 0.763. The third-order valence-electron chi connectivity index (χ3n) is 5.82. The summed E-state index contributed by atoms with van der Waals surface area (Å²) < 4.78 is 45.5. The zero-order valence-corrected chi connectivity index (χ0v) is 18.3. The van der Waals surface area contributed by atoms with Gasteiger partial charge in [-0.25, -0.2) is 18.0 Å². The second-order valence-electron chi connectivity index (χ2n) is 7.94. The van der Waals surface area contributed by atoms with Crippen LogP contribution < -0.4 is 17.0 Å². The monoisotopic (exact) mass is 465 g/mol. The molecule has 0 aliphatic carbocycles. The molecule has 5 nitrogen and oxygen atoms in total. The minimum Gasteiger partial charge on any atom is -0.322 e. The highest BCUT2D eigenvalue weighted by Crippen LogP contribution is 2.23. The topological polar surface area (TPSA) is 70.0 Å². The number of benzene rings is 3. The molecule has 0 spiro atoms. The average Bonchev–Trinajstić information content (AvgIpc) is 2.83. The van der Waals surface area contributed by atoms with E-state index in [1.54, 1.807) is 36.4 Å². The van der Waals surface area contributed by atoms with Crippen molar-refractivity contribution in [3.05, 3.63) is 128 Å². The molecule has 34 heavy (non-hydrogen) atoms. The minimum absolute atomic E-state index is 0.0187. The van der Waals surface area contributed by atoms with Gasteiger partial charge in [-0.05, 0) is 30.7 Å². The summed E-state index contributed by atoms with van der Waals surface area (Å²) in [5, 5.41) is 0. The van der Waals surface area contributed by atoms with Crippen LogP contribution in [-0.4, -0.2) is 9.13 Å². The van der Waals surface area contributed by atoms with Crippen molar-refractivity contribution in [1.29, 1.82) is 0 Å². The molecule has 0 aliphatic rings. The third kappa shape index (κ3) is 4.32. The maximum atomic E-state index is 14.7. The van der Waals surface area contributed by atoms with Crippen LogP contribution >= 0.6 is 0 Å². The molecule has 4 rings (SSSR count). The van der Waals surface area contributed by atoms with Crippen molar-refractivity contribution in [2.45, 2.75) is 26.1 Å². The van der Waals surface area contributed by atoms with E-state index in [9.17, 15) is 22.8 Å². The van der Waals surface area contributed by atoms with Gasteiger partial charge in [-0.15, -0.1) is 0 Å². The lowest BCUT2D eigenvalue weighted by molar-refractivity contribution is 0.493. The molecule has 1 heterocycles. The zero-order valence-electron chi connectivity index (χ0n) is 18.3. The number of nitrogens with zero attached hydrogens (tertiary/aromatic N) is 2. The molecule has 3 aromatic carbocycles. The molecule has 0 aliphatic heterocycles. The van der Waals surface area contributed by atoms with Crippen LogP contribution in [0.5, 0.6) is 0 Å². The Hall–Kier alpha value is -3.91. The first-order chi connectivity index (χ1) is 16.3. The molecule has 0 bridgehead atoms. The fraction of sp³-hybridized carbons (Fsp3) is 0.154. The summed E-state index contributed by atoms with van der Waals surface area (Å²) in [4.78, 5) is 26.9. The Morgan fingerprint density at radius 2 is 1.38 bits per heavy atom. The molecule has 174 valence electrons. The predicted octanol–water partition coefficient (Wildman–Crippen LogP) is 4.15. The van der Waals surface area contributed by atoms with Crippen LogP contribution in [0.2, 0.25) is 0 Å². The minimum atomic E-state index is -0.836. The fourth-order valence-electron chi connectivity index (χ4n) is 3.97. The van der Waals surface area contributed by atoms with E-state index in [1.807, 2.05) is 0 Å². The highest BCUT2D eigenvalue weighted by molar-refractivity contribution is 5.65. The van der Waals surface area contributed by atoms with Crippen molar-refractivity contribution >= 4 is 0 Å². The Morgan fingerprint density at radius 3 is 2.03 bits per heavy atom. The Balaban J connectivity index is 1.95. The van der Waals surface area contributed by atoms with E-state index in [1.165, 1.54) is 31.2 Å². The van der Waals surface area contributed by atoms with E-state index < -0.39 is 41.3 Å². The summed E-state index contributed by atoms with van der Waals surface area (Å²) in [6, 6.07) is 17.2. The van der Waals surface area contributed by atoms with Crippen molar-refractivity contribution in [1.82, 2.24) is 9.13 Å². The highest BCUT2D eigenvalue weighted by Gasteiger charge is 2.23. The zero-order chi connectivity index (χ0) is 24.4. The van der Waals surface area contributed by atoms with Crippen molar-refractivity contribution in [2.75, 3.05) is 0 Å². The van der Waals surface area contributed by atoms with Crippen LogP contribution in [0.3, 0.4) is 0 Å². The standard InChI is InChI=1S/C26H22F3N3O2/c1-16-24(18-10-5-6-11-20(18)27)25(33)32(15-23(30)17-8-3-2-4-9-17)26(34)31(16)14-19-21(28)12-7-13-22(19)29/h2-13,23H,14-15,30H2,1H3. The molecule has 4 aromatic rings. The molecule has 1 unspecified atom stereocenters. The van der Waals surface area contributed by atoms with Gasteiger partial charge in [0.25, 0.3) is 5.56 Å². The number of nitrogens with two attached hydrogens (primary N) is 1. The van der Waals surface area contributed by atoms with Gasteiger partial charge in [0, 0.05) is 22.9 Å². The predicted molar refractivity (Wildman–Crippen MR) is 124 cm³/mol. The van der Waals surface area contributed by atoms with Crippen LogP contribution in [0.15, 0.2) is 82.4 Å². The van der Waals surface area contributed by atoms with Crippen molar-refractivity contribution < 1.29 is 13.2 Å². The van der Waals surface area contributed by atoms with Crippen LogP contribution in [0, 0.1) is 24.4 Å². The Bertz CT molecular complexity index is 1440. The molecule has 2 N–H and O–H groups in total. The second kappa shape index (κ2) is 9.52. The van der Waals surface area contributed by atoms with Crippen LogP contribution in [-0.2, 0) is 13.1 Å². The van der Waals surface area contributed by atoms with E-state index in [-0.39, 0.29) is 28.9 Å². The van der Waals surface area contributed by atoms with E-state index in [4.69, 9.17) is 5.73 Å². The Labute approximate surface area is 193 Å². The van der Waals surface area contributed by atoms with Gasteiger partial charge >= 0.3 is 5.69 Å². The molecule has 8 heteroatoms. The quantitative estimate of drug-likeness (QED) is 0.465. The average molecular weight is 465 g/mol. The van der Waals surface area contributed by atoms with Crippen molar-refractivity contribution in [2.24, 2.45) is 5.73 Å². The number of hydrogen-bond donors (Lipinski definition) is 1. The molecule has 0 radical (unpaired) electrons. The van der Waals surface area contributed by atoms with Gasteiger partial charge in [-0.3, -0.25) is 13.9 Å². The maximum Gasteiger partial charge on any atom is 0.331 e. The van der Waals surface area contributed by atoms with Crippen molar-refractivity contribution in [3.63, 3.8) is 0 Å². The summed E-state index contributed by atoms with van der Waals surface area (Å²) in [6.07, 6.45) is 0. The van der Waals surface area contributed by atoms with Crippen LogP contribution in [0.4, 0.5) is 13.2 Å². The van der Waals surface area contributed by atoms with Gasteiger partial charge < -0.3 is 5.73 Å². The lowest BCUT2D eigenvalue weighted by atomic mass is 10.0. The van der Waals surface area contributed by atoms with Gasteiger partial charge in [-0.2, -0.15) is 0 Å². The third-order valence-corrected chi connectivity index (χ3v) is 5.82. The summed E-state index contributed by atoms with van der Waals surface area (Å²) in [7, 11) is 0. The first-order valence-electron chi connectivity index (χ1n) is 10.6. The summed E-state index contributed by atoms with van der Waals surface area (Å²) >= 11 is 0. The van der Waals surface area contributed by atoms with Crippen LogP contribution in [0.25, 0.3) is 11.1 Å². The lowest BCUT2D eigenvalue weighted by Gasteiger charge is -2.20. The van der Waals surface area contributed by atoms with E-state index >= 15 is 0 Å². The SMILES string of the molecule is Cc1c(-c2ccccc2F)c(=O)n(CC(N)c2ccccc2)c(=O)n1Cc1c(F)cccc1F. The van der Waals surface area contributed by atoms with Gasteiger partial charge in [-0.1, -0.05) is 54.6 Å². The van der Waals surface area contributed by atoms with E-state index in [0.29, 0.717) is 5.56 Å². The first kappa shape index (κ1) is 23.3. The largest absolute Gasteiger partial charge is 0.331 e. The second-order valence-corrected chi connectivity index (χ2v) is 7.94. The number of hydrogen-bond acceptors (Lipinski definition) is 3. The van der Waals surface area contributed by atoms with Crippen molar-refractivity contribution in [3.8, 4) is 11.1 Å².